The van der Waals surface area contributed by atoms with E-state index in [1.807, 2.05) is 0 Å². The lowest BCUT2D eigenvalue weighted by Crippen LogP contribution is -2.30. The Bertz CT molecular complexity index is 1250. The molecule has 69 heavy (non-hydrogen) atoms. The van der Waals surface area contributed by atoms with Gasteiger partial charge in [-0.3, -0.25) is 14.4 Å². The van der Waals surface area contributed by atoms with Gasteiger partial charge < -0.3 is 14.2 Å². The quantitative estimate of drug-likeness (QED) is 0.0262. The number of allylic oxidation sites excluding steroid dienone is 10. The predicted octanol–water partition coefficient (Wildman–Crippen LogP) is 20.0. The van der Waals surface area contributed by atoms with Crippen LogP contribution in [0.2, 0.25) is 0 Å². The summed E-state index contributed by atoms with van der Waals surface area (Å²) in [5.74, 6) is -0.888. The molecule has 1 atom stereocenters. The van der Waals surface area contributed by atoms with Crippen LogP contribution in [0.3, 0.4) is 0 Å². The Morgan fingerprint density at radius 1 is 0.304 bits per heavy atom. The van der Waals surface area contributed by atoms with Crippen molar-refractivity contribution in [3.05, 3.63) is 60.8 Å². The third-order valence-corrected chi connectivity index (χ3v) is 13.0. The molecule has 400 valence electrons. The maximum atomic E-state index is 12.8. The van der Waals surface area contributed by atoms with E-state index in [1.165, 1.54) is 161 Å². The molecular weight excluding hydrogens is 853 g/mol. The molecule has 0 rings (SSSR count). The summed E-state index contributed by atoms with van der Waals surface area (Å²) in [6.07, 6.45) is 72.7. The highest BCUT2D eigenvalue weighted by atomic mass is 16.6. The van der Waals surface area contributed by atoms with E-state index in [0.717, 1.165) is 103 Å². The lowest BCUT2D eigenvalue weighted by molar-refractivity contribution is -0.167. The minimum atomic E-state index is -0.773. The van der Waals surface area contributed by atoms with Crippen molar-refractivity contribution in [1.29, 1.82) is 0 Å². The van der Waals surface area contributed by atoms with E-state index in [1.54, 1.807) is 0 Å². The van der Waals surface area contributed by atoms with Crippen LogP contribution >= 0.6 is 0 Å². The molecule has 6 heteroatoms. The SMILES string of the molecule is CC/C=C\C/C=C\C/C=C\C/C=C\C/C=C\CCCCCCCCCC(=O)OCC(COC(=O)CCCCCCC)OC(=O)CCCCCCCCCCCCCCCCCCCCCCCCC. The van der Waals surface area contributed by atoms with Gasteiger partial charge in [-0.15, -0.1) is 0 Å². The second-order valence-electron chi connectivity index (χ2n) is 19.9. The van der Waals surface area contributed by atoms with E-state index in [9.17, 15) is 14.4 Å². The van der Waals surface area contributed by atoms with Gasteiger partial charge in [0.1, 0.15) is 13.2 Å². The van der Waals surface area contributed by atoms with Gasteiger partial charge in [-0.25, -0.2) is 0 Å². The van der Waals surface area contributed by atoms with Gasteiger partial charge in [0.25, 0.3) is 0 Å². The van der Waals surface area contributed by atoms with Crippen LogP contribution in [0.4, 0.5) is 0 Å². The predicted molar refractivity (Wildman–Crippen MR) is 298 cm³/mol. The van der Waals surface area contributed by atoms with Gasteiger partial charge in [-0.1, -0.05) is 281 Å². The van der Waals surface area contributed by atoms with E-state index in [0.29, 0.717) is 19.3 Å². The van der Waals surface area contributed by atoms with Crippen LogP contribution in [0.25, 0.3) is 0 Å². The molecule has 0 aromatic rings. The lowest BCUT2D eigenvalue weighted by Gasteiger charge is -2.18. The standard InChI is InChI=1S/C63H112O6/c1-4-7-10-13-15-17-19-21-23-25-27-29-31-33-35-37-39-41-43-45-47-50-53-56-62(65)68-59-60(58-67-61(64)55-52-49-12-9-6-3)69-63(66)57-54-51-48-46-44-42-40-38-36-34-32-30-28-26-24-22-20-18-16-14-11-8-5-2/h7,10,15,17,21,23,27,29,33,35,60H,4-6,8-9,11-14,16,18-20,22,24-26,28,30-32,34,36-59H2,1-3H3/b10-7-,17-15-,23-21-,29-27-,35-33-. The number of carbonyl (C=O) groups excluding carboxylic acids is 3. The smallest absolute Gasteiger partial charge is 0.306 e. The van der Waals surface area contributed by atoms with Gasteiger partial charge in [0.2, 0.25) is 0 Å². The highest BCUT2D eigenvalue weighted by Gasteiger charge is 2.19. The fourth-order valence-electron chi connectivity index (χ4n) is 8.59. The molecule has 0 aliphatic carbocycles. The molecule has 0 heterocycles. The van der Waals surface area contributed by atoms with Crippen LogP contribution < -0.4 is 0 Å². The maximum absolute atomic E-state index is 12.8. The average molecular weight is 966 g/mol. The zero-order chi connectivity index (χ0) is 50.0. The highest BCUT2D eigenvalue weighted by Crippen LogP contribution is 2.17. The first-order valence-electron chi connectivity index (χ1n) is 29.8. The summed E-state index contributed by atoms with van der Waals surface area (Å²) in [4.78, 5) is 37.8. The van der Waals surface area contributed by atoms with Crippen molar-refractivity contribution in [2.24, 2.45) is 0 Å². The Kier molecular flexibility index (Phi) is 55.3. The van der Waals surface area contributed by atoms with Crippen LogP contribution in [-0.2, 0) is 28.6 Å². The van der Waals surface area contributed by atoms with Crippen LogP contribution in [0.15, 0.2) is 60.8 Å². The van der Waals surface area contributed by atoms with Gasteiger partial charge in [-0.2, -0.15) is 0 Å². The molecule has 0 saturated heterocycles. The van der Waals surface area contributed by atoms with Gasteiger partial charge in [0, 0.05) is 19.3 Å². The summed E-state index contributed by atoms with van der Waals surface area (Å²) >= 11 is 0. The zero-order valence-corrected chi connectivity index (χ0v) is 45.8. The van der Waals surface area contributed by atoms with E-state index in [2.05, 4.69) is 81.5 Å². The van der Waals surface area contributed by atoms with Crippen molar-refractivity contribution in [2.45, 2.75) is 309 Å². The topological polar surface area (TPSA) is 78.9 Å². The Balaban J connectivity index is 4.08. The second-order valence-corrected chi connectivity index (χ2v) is 19.9. The Hall–Kier alpha value is -2.89. The number of hydrogen-bond acceptors (Lipinski definition) is 6. The summed E-state index contributed by atoms with van der Waals surface area (Å²) < 4.78 is 16.7. The van der Waals surface area contributed by atoms with Crippen molar-refractivity contribution in [2.75, 3.05) is 13.2 Å². The normalized spacial score (nSPS) is 12.4. The van der Waals surface area contributed by atoms with Crippen molar-refractivity contribution in [3.63, 3.8) is 0 Å². The minimum Gasteiger partial charge on any atom is -0.462 e. The third kappa shape index (κ3) is 55.9. The summed E-state index contributed by atoms with van der Waals surface area (Å²) in [5.41, 5.74) is 0. The number of carbonyl (C=O) groups is 3. The van der Waals surface area contributed by atoms with Crippen LogP contribution in [0.5, 0.6) is 0 Å². The maximum Gasteiger partial charge on any atom is 0.306 e. The Labute approximate surface area is 428 Å². The molecule has 0 fully saturated rings. The third-order valence-electron chi connectivity index (χ3n) is 13.0. The summed E-state index contributed by atoms with van der Waals surface area (Å²) in [7, 11) is 0. The number of hydrogen-bond donors (Lipinski definition) is 0. The molecule has 0 N–H and O–H groups in total. The van der Waals surface area contributed by atoms with Gasteiger partial charge in [0.15, 0.2) is 6.10 Å². The monoisotopic (exact) mass is 965 g/mol. The molecule has 0 aliphatic rings. The summed E-state index contributed by atoms with van der Waals surface area (Å²) in [6, 6.07) is 0. The molecule has 0 saturated carbocycles. The minimum absolute atomic E-state index is 0.0761. The van der Waals surface area contributed by atoms with Crippen LogP contribution in [0, 0.1) is 0 Å². The zero-order valence-electron chi connectivity index (χ0n) is 45.8. The van der Waals surface area contributed by atoms with Crippen LogP contribution in [-0.4, -0.2) is 37.2 Å². The van der Waals surface area contributed by atoms with Crippen LogP contribution in [0.1, 0.15) is 303 Å². The van der Waals surface area contributed by atoms with Crippen molar-refractivity contribution in [3.8, 4) is 0 Å². The largest absolute Gasteiger partial charge is 0.462 e. The molecule has 1 unspecified atom stereocenters. The second kappa shape index (κ2) is 57.7. The first-order valence-corrected chi connectivity index (χ1v) is 29.8. The number of esters is 3. The molecule has 0 spiro atoms. The fourth-order valence-corrected chi connectivity index (χ4v) is 8.59. The van der Waals surface area contributed by atoms with E-state index < -0.39 is 6.10 Å². The van der Waals surface area contributed by atoms with E-state index in [-0.39, 0.29) is 31.1 Å². The molecule has 0 radical (unpaired) electrons. The van der Waals surface area contributed by atoms with Crippen molar-refractivity contribution < 1.29 is 28.6 Å². The molecule has 0 bridgehead atoms. The molecular formula is C63H112O6. The lowest BCUT2D eigenvalue weighted by atomic mass is 10.0. The first-order chi connectivity index (χ1) is 34.0. The van der Waals surface area contributed by atoms with E-state index >= 15 is 0 Å². The highest BCUT2D eigenvalue weighted by molar-refractivity contribution is 5.71. The number of rotatable bonds is 54. The fraction of sp³-hybridized carbons (Fsp3) is 0.794. The number of unbranched alkanes of at least 4 members (excludes halogenated alkanes) is 33. The Morgan fingerprint density at radius 2 is 0.565 bits per heavy atom. The average Bonchev–Trinajstić information content (AvgIpc) is 3.35. The molecule has 0 aromatic heterocycles. The molecule has 6 nitrogen and oxygen atoms in total. The first kappa shape index (κ1) is 66.1. The van der Waals surface area contributed by atoms with Gasteiger partial charge >= 0.3 is 17.9 Å². The van der Waals surface area contributed by atoms with Crippen molar-refractivity contribution in [1.82, 2.24) is 0 Å². The van der Waals surface area contributed by atoms with E-state index in [4.69, 9.17) is 14.2 Å². The molecule has 0 aliphatic heterocycles. The number of ether oxygens (including phenoxy) is 3. The molecule has 0 amide bonds. The Morgan fingerprint density at radius 3 is 0.884 bits per heavy atom. The summed E-state index contributed by atoms with van der Waals surface area (Å²) in [5, 5.41) is 0. The summed E-state index contributed by atoms with van der Waals surface area (Å²) in [6.45, 7) is 6.47. The molecule has 0 aromatic carbocycles. The van der Waals surface area contributed by atoms with Crippen molar-refractivity contribution >= 4 is 17.9 Å². The van der Waals surface area contributed by atoms with Gasteiger partial charge in [-0.05, 0) is 64.2 Å². The van der Waals surface area contributed by atoms with Gasteiger partial charge in [0.05, 0.1) is 0 Å².